The molecule has 0 N–H and O–H groups in total. The number of halogens is 3. The molecule has 39 heavy (non-hydrogen) atoms. The molecule has 2 fully saturated rings. The minimum absolute atomic E-state index is 0. The largest absolute Gasteiger partial charge is 0.485 e. The van der Waals surface area contributed by atoms with Crippen LogP contribution in [0.15, 0.2) is 78.9 Å². The van der Waals surface area contributed by atoms with Gasteiger partial charge in [-0.15, -0.1) is 12.4 Å². The van der Waals surface area contributed by atoms with Crippen LogP contribution in [0.2, 0.25) is 5.02 Å². The number of nitrogens with zero attached hydrogens (tertiary/aromatic N) is 3. The number of amides is 1. The molecule has 1 atom stereocenters. The molecule has 208 valence electrons. The van der Waals surface area contributed by atoms with Crippen LogP contribution in [-0.2, 0) is 4.79 Å². The first kappa shape index (κ1) is 29.2. The van der Waals surface area contributed by atoms with Gasteiger partial charge in [0, 0.05) is 74.9 Å². The SMILES string of the molecule is Cl.O=C(CCN1CCN(c2cccc(Cl)c2)CC1)N1CCC(C(Oc2cccc(F)c2)c2ccccc2)CC1. The Kier molecular flexibility index (Phi) is 10.5. The van der Waals surface area contributed by atoms with E-state index in [1.807, 2.05) is 41.3 Å². The highest BCUT2D eigenvalue weighted by molar-refractivity contribution is 6.30. The van der Waals surface area contributed by atoms with Gasteiger partial charge in [-0.25, -0.2) is 4.39 Å². The second kappa shape index (κ2) is 14.0. The molecule has 0 bridgehead atoms. The van der Waals surface area contributed by atoms with E-state index >= 15 is 0 Å². The molecule has 0 spiro atoms. The summed E-state index contributed by atoms with van der Waals surface area (Å²) in [6, 6.07) is 24.4. The number of piperazine rings is 1. The maximum atomic E-state index is 13.8. The van der Waals surface area contributed by atoms with Crippen LogP contribution in [0.5, 0.6) is 5.75 Å². The fraction of sp³-hybridized carbons (Fsp3) is 0.387. The maximum Gasteiger partial charge on any atom is 0.223 e. The zero-order valence-electron chi connectivity index (χ0n) is 22.1. The first-order valence-corrected chi connectivity index (χ1v) is 13.9. The number of anilines is 1. The van der Waals surface area contributed by atoms with E-state index in [9.17, 15) is 9.18 Å². The molecule has 1 amide bonds. The van der Waals surface area contributed by atoms with Gasteiger partial charge in [0.05, 0.1) is 0 Å². The molecule has 5 nitrogen and oxygen atoms in total. The molecule has 2 aliphatic rings. The van der Waals surface area contributed by atoms with Gasteiger partial charge in [-0.2, -0.15) is 0 Å². The molecular formula is C31H36Cl2FN3O2. The predicted molar refractivity (Wildman–Crippen MR) is 157 cm³/mol. The highest BCUT2D eigenvalue weighted by atomic mass is 35.5. The fourth-order valence-corrected chi connectivity index (χ4v) is 5.72. The average molecular weight is 573 g/mol. The third-order valence-corrected chi connectivity index (χ3v) is 7.93. The van der Waals surface area contributed by atoms with Crippen LogP contribution < -0.4 is 9.64 Å². The third-order valence-electron chi connectivity index (χ3n) is 7.70. The van der Waals surface area contributed by atoms with Crippen molar-refractivity contribution in [2.45, 2.75) is 25.4 Å². The lowest BCUT2D eigenvalue weighted by molar-refractivity contribution is -0.133. The van der Waals surface area contributed by atoms with Crippen molar-refractivity contribution in [2.24, 2.45) is 5.92 Å². The van der Waals surface area contributed by atoms with Crippen molar-refractivity contribution in [1.82, 2.24) is 9.80 Å². The molecule has 0 radical (unpaired) electrons. The smallest absolute Gasteiger partial charge is 0.223 e. The summed E-state index contributed by atoms with van der Waals surface area (Å²) in [5.41, 5.74) is 2.24. The zero-order chi connectivity index (χ0) is 26.3. The van der Waals surface area contributed by atoms with Crippen molar-refractivity contribution < 1.29 is 13.9 Å². The summed E-state index contributed by atoms with van der Waals surface area (Å²) >= 11 is 6.15. The van der Waals surface area contributed by atoms with Crippen LogP contribution in [0.3, 0.4) is 0 Å². The van der Waals surface area contributed by atoms with E-state index in [4.69, 9.17) is 16.3 Å². The predicted octanol–water partition coefficient (Wildman–Crippen LogP) is 6.47. The topological polar surface area (TPSA) is 36.0 Å². The Balaban J connectivity index is 0.00000353. The van der Waals surface area contributed by atoms with Crippen molar-refractivity contribution in [3.05, 3.63) is 95.3 Å². The number of piperidine rings is 1. The Hall–Kier alpha value is -2.80. The molecule has 0 saturated carbocycles. The van der Waals surface area contributed by atoms with E-state index in [2.05, 4.69) is 28.0 Å². The number of carbonyl (C=O) groups is 1. The van der Waals surface area contributed by atoms with Crippen molar-refractivity contribution in [3.8, 4) is 5.75 Å². The lowest BCUT2D eigenvalue weighted by atomic mass is 9.87. The standard InChI is InChI=1S/C31H35ClFN3O2.ClH/c32-26-8-4-10-28(22-26)35-20-18-34(19-21-35)15-14-30(37)36-16-12-25(13-17-36)31(24-6-2-1-3-7-24)38-29-11-5-9-27(33)23-29;/h1-11,22-23,25,31H,12-21H2;1H. The number of benzene rings is 3. The van der Waals surface area contributed by atoms with Crippen molar-refractivity contribution in [2.75, 3.05) is 50.7 Å². The Morgan fingerprint density at radius 1 is 0.897 bits per heavy atom. The number of likely N-dealkylation sites (tertiary alicyclic amines) is 1. The van der Waals surface area contributed by atoms with Gasteiger partial charge in [0.25, 0.3) is 0 Å². The molecule has 3 aromatic carbocycles. The van der Waals surface area contributed by atoms with Gasteiger partial charge >= 0.3 is 0 Å². The van der Waals surface area contributed by atoms with Gasteiger partial charge in [0.2, 0.25) is 5.91 Å². The highest BCUT2D eigenvalue weighted by Crippen LogP contribution is 2.35. The van der Waals surface area contributed by atoms with Crippen LogP contribution in [0.25, 0.3) is 0 Å². The van der Waals surface area contributed by atoms with E-state index in [0.29, 0.717) is 12.2 Å². The van der Waals surface area contributed by atoms with Crippen LogP contribution in [0.4, 0.5) is 10.1 Å². The second-order valence-electron chi connectivity index (χ2n) is 10.2. The monoisotopic (exact) mass is 571 g/mol. The van der Waals surface area contributed by atoms with E-state index in [0.717, 1.165) is 74.9 Å². The van der Waals surface area contributed by atoms with E-state index in [-0.39, 0.29) is 36.2 Å². The molecular weight excluding hydrogens is 536 g/mol. The average Bonchev–Trinajstić information content (AvgIpc) is 2.95. The summed E-state index contributed by atoms with van der Waals surface area (Å²) in [5.74, 6) is 0.709. The maximum absolute atomic E-state index is 13.8. The number of hydrogen-bond donors (Lipinski definition) is 0. The third kappa shape index (κ3) is 7.87. The Morgan fingerprint density at radius 3 is 2.31 bits per heavy atom. The van der Waals surface area contributed by atoms with Crippen LogP contribution in [-0.4, -0.2) is 61.5 Å². The van der Waals surface area contributed by atoms with E-state index in [1.54, 1.807) is 12.1 Å². The normalized spacial score (nSPS) is 17.4. The Morgan fingerprint density at radius 2 is 1.62 bits per heavy atom. The Bertz CT molecular complexity index is 1200. The van der Waals surface area contributed by atoms with Crippen LogP contribution in [0.1, 0.15) is 30.9 Å². The highest BCUT2D eigenvalue weighted by Gasteiger charge is 2.31. The lowest BCUT2D eigenvalue weighted by Crippen LogP contribution is -2.48. The van der Waals surface area contributed by atoms with Crippen molar-refractivity contribution >= 4 is 35.6 Å². The molecule has 0 aliphatic carbocycles. The summed E-state index contributed by atoms with van der Waals surface area (Å²) in [6.07, 6.45) is 2.09. The van der Waals surface area contributed by atoms with E-state index in [1.165, 1.54) is 12.1 Å². The quantitative estimate of drug-likeness (QED) is 0.310. The molecule has 2 heterocycles. The van der Waals surface area contributed by atoms with Crippen LogP contribution in [0, 0.1) is 11.7 Å². The lowest BCUT2D eigenvalue weighted by Gasteiger charge is -2.38. The Labute approximate surface area is 241 Å². The summed E-state index contributed by atoms with van der Waals surface area (Å²) in [6.45, 7) is 6.00. The zero-order valence-corrected chi connectivity index (χ0v) is 23.6. The molecule has 2 saturated heterocycles. The van der Waals surface area contributed by atoms with Gasteiger partial charge < -0.3 is 14.5 Å². The molecule has 8 heteroatoms. The second-order valence-corrected chi connectivity index (χ2v) is 10.6. The first-order valence-electron chi connectivity index (χ1n) is 13.5. The minimum Gasteiger partial charge on any atom is -0.485 e. The molecule has 2 aliphatic heterocycles. The first-order chi connectivity index (χ1) is 18.5. The van der Waals surface area contributed by atoms with E-state index < -0.39 is 0 Å². The van der Waals surface area contributed by atoms with Crippen molar-refractivity contribution in [1.29, 1.82) is 0 Å². The van der Waals surface area contributed by atoms with Gasteiger partial charge in [-0.1, -0.05) is 54.1 Å². The van der Waals surface area contributed by atoms with Crippen LogP contribution >= 0.6 is 24.0 Å². The van der Waals surface area contributed by atoms with Gasteiger partial charge in [0.15, 0.2) is 0 Å². The number of rotatable bonds is 8. The number of hydrogen-bond acceptors (Lipinski definition) is 4. The molecule has 3 aromatic rings. The minimum atomic E-state index is -0.305. The van der Waals surface area contributed by atoms with Crippen molar-refractivity contribution in [3.63, 3.8) is 0 Å². The fourth-order valence-electron chi connectivity index (χ4n) is 5.53. The summed E-state index contributed by atoms with van der Waals surface area (Å²) in [7, 11) is 0. The summed E-state index contributed by atoms with van der Waals surface area (Å²) < 4.78 is 20.1. The van der Waals surface area contributed by atoms with Gasteiger partial charge in [-0.05, 0) is 48.7 Å². The molecule has 1 unspecified atom stereocenters. The number of carbonyl (C=O) groups excluding carboxylic acids is 1. The van der Waals surface area contributed by atoms with Gasteiger partial charge in [-0.3, -0.25) is 9.69 Å². The molecule has 0 aromatic heterocycles. The number of ether oxygens (including phenoxy) is 1. The summed E-state index contributed by atoms with van der Waals surface area (Å²) in [5, 5.41) is 0.759. The van der Waals surface area contributed by atoms with Gasteiger partial charge in [0.1, 0.15) is 17.7 Å². The summed E-state index contributed by atoms with van der Waals surface area (Å²) in [4.78, 5) is 19.8. The molecule has 5 rings (SSSR count).